The van der Waals surface area contributed by atoms with Gasteiger partial charge in [0, 0.05) is 6.20 Å². The van der Waals surface area contributed by atoms with Crippen LogP contribution in [-0.2, 0) is 5.60 Å². The smallest absolute Gasteiger partial charge is 0.0992 e. The molecule has 3 rings (SSSR count). The minimum absolute atomic E-state index is 0.229. The van der Waals surface area contributed by atoms with Gasteiger partial charge in [0.2, 0.25) is 0 Å². The summed E-state index contributed by atoms with van der Waals surface area (Å²) in [5.41, 5.74) is 2.94. The highest BCUT2D eigenvalue weighted by atomic mass is 16.3. The molecule has 2 atom stereocenters. The normalized spacial score (nSPS) is 14.9. The molecule has 0 amide bonds. The van der Waals surface area contributed by atoms with Crippen LogP contribution < -0.4 is 0 Å². The van der Waals surface area contributed by atoms with Crippen LogP contribution in [0.4, 0.5) is 0 Å². The molecule has 0 bridgehead atoms. The molecule has 2 nitrogen and oxygen atoms in total. The Bertz CT molecular complexity index is 709. The Morgan fingerprint density at radius 1 is 0.870 bits per heavy atom. The fourth-order valence-electron chi connectivity index (χ4n) is 3.03. The highest BCUT2D eigenvalue weighted by Crippen LogP contribution is 2.40. The monoisotopic (exact) mass is 303 g/mol. The van der Waals surface area contributed by atoms with E-state index >= 15 is 0 Å². The summed E-state index contributed by atoms with van der Waals surface area (Å²) in [7, 11) is 0. The van der Waals surface area contributed by atoms with E-state index in [1.165, 1.54) is 5.56 Å². The minimum atomic E-state index is -1.05. The van der Waals surface area contributed by atoms with Crippen molar-refractivity contribution in [2.45, 2.75) is 25.4 Å². The third-order valence-corrected chi connectivity index (χ3v) is 4.31. The molecule has 1 aromatic heterocycles. The van der Waals surface area contributed by atoms with E-state index in [9.17, 15) is 5.11 Å². The van der Waals surface area contributed by atoms with Gasteiger partial charge in [0.1, 0.15) is 0 Å². The zero-order valence-electron chi connectivity index (χ0n) is 13.5. The van der Waals surface area contributed by atoms with E-state index in [1.54, 1.807) is 6.20 Å². The Morgan fingerprint density at radius 3 is 2.13 bits per heavy atom. The van der Waals surface area contributed by atoms with Crippen molar-refractivity contribution in [3.05, 3.63) is 101 Å². The van der Waals surface area contributed by atoms with Crippen molar-refractivity contribution in [1.82, 2.24) is 4.98 Å². The van der Waals surface area contributed by atoms with Gasteiger partial charge < -0.3 is 5.11 Å². The van der Waals surface area contributed by atoms with E-state index in [0.717, 1.165) is 16.8 Å². The first kappa shape index (κ1) is 15.4. The molecule has 0 fully saturated rings. The summed E-state index contributed by atoms with van der Waals surface area (Å²) in [6, 6.07) is 23.9. The van der Waals surface area contributed by atoms with E-state index in [4.69, 9.17) is 0 Å². The number of pyridine rings is 1. The van der Waals surface area contributed by atoms with Crippen LogP contribution in [-0.4, -0.2) is 10.1 Å². The van der Waals surface area contributed by atoms with Gasteiger partial charge in [-0.3, -0.25) is 4.98 Å². The number of aromatic nitrogens is 1. The Kier molecular flexibility index (Phi) is 4.26. The Morgan fingerprint density at radius 2 is 1.52 bits per heavy atom. The highest BCUT2D eigenvalue weighted by molar-refractivity contribution is 5.38. The molecular weight excluding hydrogens is 282 g/mol. The van der Waals surface area contributed by atoms with Gasteiger partial charge in [0.15, 0.2) is 0 Å². The van der Waals surface area contributed by atoms with Gasteiger partial charge in [-0.05, 0) is 37.1 Å². The molecule has 2 aromatic carbocycles. The second kappa shape index (κ2) is 6.35. The lowest BCUT2D eigenvalue weighted by atomic mass is 9.76. The molecule has 0 spiro atoms. The molecule has 0 aliphatic carbocycles. The third kappa shape index (κ3) is 3.17. The molecule has 3 aromatic rings. The van der Waals surface area contributed by atoms with Crippen LogP contribution in [0.5, 0.6) is 0 Å². The summed E-state index contributed by atoms with van der Waals surface area (Å²) in [6.07, 6.45) is 1.77. The molecule has 2 heteroatoms. The van der Waals surface area contributed by atoms with Crippen LogP contribution in [0.2, 0.25) is 0 Å². The second-order valence-electron chi connectivity index (χ2n) is 6.11. The maximum atomic E-state index is 11.4. The van der Waals surface area contributed by atoms with Crippen LogP contribution in [0.25, 0.3) is 0 Å². The summed E-state index contributed by atoms with van der Waals surface area (Å²) in [4.78, 5) is 4.50. The fraction of sp³-hybridized carbons (Fsp3) is 0.190. The van der Waals surface area contributed by atoms with Crippen molar-refractivity contribution in [3.63, 3.8) is 0 Å². The predicted octanol–water partition coefficient (Wildman–Crippen LogP) is 4.43. The molecule has 1 N–H and O–H groups in total. The molecule has 0 unspecified atom stereocenters. The standard InChI is InChI=1S/C21H21NO/c1-16-11-13-18(14-12-16)21(2,23)20(17-8-4-3-5-9-17)19-10-6-7-15-22-19/h3-15,20,23H,1-2H3/t20-,21+/m0/s1. The zero-order chi connectivity index (χ0) is 16.3. The second-order valence-corrected chi connectivity index (χ2v) is 6.11. The van der Waals surface area contributed by atoms with Gasteiger partial charge in [-0.2, -0.15) is 0 Å². The van der Waals surface area contributed by atoms with Crippen LogP contribution in [0, 0.1) is 6.92 Å². The predicted molar refractivity (Wildman–Crippen MR) is 93.3 cm³/mol. The van der Waals surface area contributed by atoms with E-state index in [-0.39, 0.29) is 5.92 Å². The third-order valence-electron chi connectivity index (χ3n) is 4.31. The first-order valence-electron chi connectivity index (χ1n) is 7.84. The van der Waals surface area contributed by atoms with Crippen molar-refractivity contribution in [2.24, 2.45) is 0 Å². The maximum absolute atomic E-state index is 11.4. The minimum Gasteiger partial charge on any atom is -0.384 e. The van der Waals surface area contributed by atoms with Crippen molar-refractivity contribution >= 4 is 0 Å². The van der Waals surface area contributed by atoms with Gasteiger partial charge in [0.25, 0.3) is 0 Å². The molecule has 0 radical (unpaired) electrons. The molecule has 116 valence electrons. The molecule has 0 aliphatic heterocycles. The molecular formula is C21H21NO. The maximum Gasteiger partial charge on any atom is 0.0992 e. The first-order valence-corrected chi connectivity index (χ1v) is 7.84. The highest BCUT2D eigenvalue weighted by Gasteiger charge is 2.36. The van der Waals surface area contributed by atoms with E-state index in [1.807, 2.05) is 86.6 Å². The Balaban J connectivity index is 2.13. The number of hydrogen-bond donors (Lipinski definition) is 1. The number of nitrogens with zero attached hydrogens (tertiary/aromatic N) is 1. The first-order chi connectivity index (χ1) is 11.1. The lowest BCUT2D eigenvalue weighted by Gasteiger charge is -2.33. The van der Waals surface area contributed by atoms with Crippen molar-refractivity contribution in [2.75, 3.05) is 0 Å². The Labute approximate surface area is 137 Å². The topological polar surface area (TPSA) is 33.1 Å². The quantitative estimate of drug-likeness (QED) is 0.773. The van der Waals surface area contributed by atoms with Gasteiger partial charge in [0.05, 0.1) is 17.2 Å². The van der Waals surface area contributed by atoms with Gasteiger partial charge in [-0.15, -0.1) is 0 Å². The molecule has 23 heavy (non-hydrogen) atoms. The van der Waals surface area contributed by atoms with E-state index in [2.05, 4.69) is 4.98 Å². The number of rotatable bonds is 4. The van der Waals surface area contributed by atoms with Crippen molar-refractivity contribution in [3.8, 4) is 0 Å². The van der Waals surface area contributed by atoms with Crippen LogP contribution in [0.3, 0.4) is 0 Å². The number of hydrogen-bond acceptors (Lipinski definition) is 2. The van der Waals surface area contributed by atoms with Crippen molar-refractivity contribution < 1.29 is 5.11 Å². The molecule has 0 saturated carbocycles. The number of benzene rings is 2. The summed E-state index contributed by atoms with van der Waals surface area (Å²) in [5.74, 6) is -0.229. The van der Waals surface area contributed by atoms with Gasteiger partial charge >= 0.3 is 0 Å². The average molecular weight is 303 g/mol. The number of aliphatic hydroxyl groups is 1. The van der Waals surface area contributed by atoms with Crippen LogP contribution >= 0.6 is 0 Å². The summed E-state index contributed by atoms with van der Waals surface area (Å²) in [5, 5.41) is 11.4. The molecule has 0 saturated heterocycles. The SMILES string of the molecule is Cc1ccc([C@@](C)(O)[C@@H](c2ccccc2)c2ccccn2)cc1. The zero-order valence-corrected chi connectivity index (χ0v) is 13.5. The lowest BCUT2D eigenvalue weighted by Crippen LogP contribution is -2.31. The lowest BCUT2D eigenvalue weighted by molar-refractivity contribution is 0.0380. The van der Waals surface area contributed by atoms with E-state index in [0.29, 0.717) is 0 Å². The van der Waals surface area contributed by atoms with Crippen molar-refractivity contribution in [1.29, 1.82) is 0 Å². The average Bonchev–Trinajstić information content (AvgIpc) is 2.57. The summed E-state index contributed by atoms with van der Waals surface area (Å²) >= 11 is 0. The number of aryl methyl sites for hydroxylation is 1. The van der Waals surface area contributed by atoms with Crippen LogP contribution in [0.15, 0.2) is 79.0 Å². The largest absolute Gasteiger partial charge is 0.384 e. The molecule has 0 aliphatic rings. The van der Waals surface area contributed by atoms with Gasteiger partial charge in [-0.25, -0.2) is 0 Å². The fourth-order valence-corrected chi connectivity index (χ4v) is 3.03. The Hall–Kier alpha value is -2.45. The summed E-state index contributed by atoms with van der Waals surface area (Å²) < 4.78 is 0. The molecule has 1 heterocycles. The van der Waals surface area contributed by atoms with Crippen LogP contribution in [0.1, 0.15) is 35.2 Å². The van der Waals surface area contributed by atoms with Gasteiger partial charge in [-0.1, -0.05) is 66.2 Å². The summed E-state index contributed by atoms with van der Waals surface area (Å²) in [6.45, 7) is 3.91. The van der Waals surface area contributed by atoms with E-state index < -0.39 is 5.60 Å².